The molecule has 1 fully saturated rings. The summed E-state index contributed by atoms with van der Waals surface area (Å²) in [5.41, 5.74) is -1.91. The van der Waals surface area contributed by atoms with Gasteiger partial charge in [-0.3, -0.25) is 4.79 Å². The van der Waals surface area contributed by atoms with E-state index < -0.39 is 42.0 Å². The average Bonchev–Trinajstić information content (AvgIpc) is 2.17. The molecule has 1 amide bonds. The van der Waals surface area contributed by atoms with Gasteiger partial charge in [0.05, 0.1) is 17.9 Å². The number of alkyl carbamates (subject to hydrolysis) is 1. The van der Waals surface area contributed by atoms with Gasteiger partial charge in [-0.15, -0.1) is 0 Å². The van der Waals surface area contributed by atoms with Crippen LogP contribution >= 0.6 is 0 Å². The number of carboxylic acid groups (broad SMARTS) is 1. The molecule has 0 heterocycles. The second-order valence-electron chi connectivity index (χ2n) is 6.18. The van der Waals surface area contributed by atoms with Gasteiger partial charge in [0.15, 0.2) is 0 Å². The van der Waals surface area contributed by atoms with Crippen molar-refractivity contribution in [1.82, 2.24) is 5.32 Å². The molecule has 7 heteroatoms. The summed E-state index contributed by atoms with van der Waals surface area (Å²) in [5, 5.41) is 11.2. The third-order valence-corrected chi connectivity index (χ3v) is 3.40. The standard InChI is InChI=1S/C13H21F2NO4/c1-12(2,3)20-11(19)16-13(5-4-6-13)8(10(14)15)7-9(17)18/h8,10H,4-7H2,1-3H3,(H,16,19)(H,17,18). The van der Waals surface area contributed by atoms with Gasteiger partial charge in [-0.25, -0.2) is 13.6 Å². The molecule has 116 valence electrons. The van der Waals surface area contributed by atoms with E-state index in [2.05, 4.69) is 5.32 Å². The van der Waals surface area contributed by atoms with Gasteiger partial charge in [0.25, 0.3) is 0 Å². The van der Waals surface area contributed by atoms with E-state index in [0.717, 1.165) is 0 Å². The van der Waals surface area contributed by atoms with Crippen molar-refractivity contribution in [1.29, 1.82) is 0 Å². The number of rotatable bonds is 5. The van der Waals surface area contributed by atoms with Gasteiger partial charge in [-0.2, -0.15) is 0 Å². The maximum absolute atomic E-state index is 13.1. The fraction of sp³-hybridized carbons (Fsp3) is 0.846. The quantitative estimate of drug-likeness (QED) is 0.817. The van der Waals surface area contributed by atoms with E-state index in [4.69, 9.17) is 9.84 Å². The zero-order valence-electron chi connectivity index (χ0n) is 11.9. The van der Waals surface area contributed by atoms with Gasteiger partial charge >= 0.3 is 12.1 Å². The van der Waals surface area contributed by atoms with Crippen LogP contribution in [0.3, 0.4) is 0 Å². The molecule has 20 heavy (non-hydrogen) atoms. The van der Waals surface area contributed by atoms with Crippen molar-refractivity contribution in [2.24, 2.45) is 5.92 Å². The molecule has 0 aliphatic heterocycles. The number of amides is 1. The molecule has 1 aliphatic rings. The summed E-state index contributed by atoms with van der Waals surface area (Å²) in [6.45, 7) is 5.01. The van der Waals surface area contributed by atoms with Crippen molar-refractivity contribution < 1.29 is 28.2 Å². The number of nitrogens with one attached hydrogen (secondary N) is 1. The highest BCUT2D eigenvalue weighted by molar-refractivity contribution is 5.70. The number of alkyl halides is 2. The van der Waals surface area contributed by atoms with Crippen LogP contribution in [0.5, 0.6) is 0 Å². The zero-order valence-corrected chi connectivity index (χ0v) is 11.9. The van der Waals surface area contributed by atoms with E-state index in [1.165, 1.54) is 0 Å². The van der Waals surface area contributed by atoms with Gasteiger partial charge in [-0.1, -0.05) is 0 Å². The van der Waals surface area contributed by atoms with Crippen molar-refractivity contribution in [2.75, 3.05) is 0 Å². The van der Waals surface area contributed by atoms with E-state index in [-0.39, 0.29) is 0 Å². The Bertz CT molecular complexity index is 375. The lowest BCUT2D eigenvalue weighted by Gasteiger charge is -2.47. The first-order valence-electron chi connectivity index (χ1n) is 6.57. The Hall–Kier alpha value is -1.40. The predicted octanol–water partition coefficient (Wildman–Crippen LogP) is 2.79. The summed E-state index contributed by atoms with van der Waals surface area (Å²) in [6, 6.07) is 0. The summed E-state index contributed by atoms with van der Waals surface area (Å²) >= 11 is 0. The van der Waals surface area contributed by atoms with E-state index in [9.17, 15) is 18.4 Å². The van der Waals surface area contributed by atoms with Crippen molar-refractivity contribution in [3.63, 3.8) is 0 Å². The first kappa shape index (κ1) is 16.7. The lowest BCUT2D eigenvalue weighted by Crippen LogP contribution is -2.61. The Morgan fingerprint density at radius 1 is 1.35 bits per heavy atom. The molecule has 1 rings (SSSR count). The van der Waals surface area contributed by atoms with Crippen molar-refractivity contribution in [3.05, 3.63) is 0 Å². The molecular formula is C13H21F2NO4. The number of hydrogen-bond donors (Lipinski definition) is 2. The maximum Gasteiger partial charge on any atom is 0.408 e. The Kier molecular flexibility index (Phi) is 4.94. The second kappa shape index (κ2) is 5.93. The normalized spacial score (nSPS) is 19.1. The van der Waals surface area contributed by atoms with Crippen LogP contribution < -0.4 is 5.32 Å². The molecule has 0 radical (unpaired) electrons. The Balaban J connectivity index is 2.79. The van der Waals surface area contributed by atoms with Gasteiger partial charge in [0.1, 0.15) is 5.60 Å². The molecule has 0 saturated heterocycles. The van der Waals surface area contributed by atoms with Crippen LogP contribution in [-0.4, -0.2) is 34.7 Å². The molecule has 0 aromatic rings. The molecule has 0 aromatic carbocycles. The number of aliphatic carboxylic acids is 1. The minimum absolute atomic E-state index is 0.342. The number of ether oxygens (including phenoxy) is 1. The minimum atomic E-state index is -2.80. The molecule has 2 N–H and O–H groups in total. The van der Waals surface area contributed by atoms with Crippen LogP contribution in [0.1, 0.15) is 46.5 Å². The lowest BCUT2D eigenvalue weighted by molar-refractivity contribution is -0.142. The SMILES string of the molecule is CC(C)(C)OC(=O)NC1(C(CC(=O)O)C(F)F)CCC1. The van der Waals surface area contributed by atoms with Crippen LogP contribution in [0, 0.1) is 5.92 Å². The Labute approximate surface area is 116 Å². The maximum atomic E-state index is 13.1. The Morgan fingerprint density at radius 2 is 1.90 bits per heavy atom. The number of carbonyl (C=O) groups excluding carboxylic acids is 1. The second-order valence-corrected chi connectivity index (χ2v) is 6.18. The molecule has 0 spiro atoms. The van der Waals surface area contributed by atoms with Crippen LogP contribution in [-0.2, 0) is 9.53 Å². The van der Waals surface area contributed by atoms with Gasteiger partial charge in [0.2, 0.25) is 6.43 Å². The van der Waals surface area contributed by atoms with Crippen molar-refractivity contribution >= 4 is 12.1 Å². The van der Waals surface area contributed by atoms with Crippen LogP contribution in [0.25, 0.3) is 0 Å². The first-order chi connectivity index (χ1) is 9.06. The highest BCUT2D eigenvalue weighted by atomic mass is 19.3. The summed E-state index contributed by atoms with van der Waals surface area (Å²) in [4.78, 5) is 22.5. The smallest absolute Gasteiger partial charge is 0.408 e. The lowest BCUT2D eigenvalue weighted by atomic mass is 9.67. The molecule has 1 unspecified atom stereocenters. The summed E-state index contributed by atoms with van der Waals surface area (Å²) in [7, 11) is 0. The predicted molar refractivity (Wildman–Crippen MR) is 67.7 cm³/mol. The summed E-state index contributed by atoms with van der Waals surface area (Å²) in [6.07, 6.45) is -2.90. The summed E-state index contributed by atoms with van der Waals surface area (Å²) < 4.78 is 31.3. The van der Waals surface area contributed by atoms with E-state index in [1.807, 2.05) is 0 Å². The first-order valence-corrected chi connectivity index (χ1v) is 6.57. The van der Waals surface area contributed by atoms with Crippen molar-refractivity contribution in [2.45, 2.75) is 64.0 Å². The zero-order chi connectivity index (χ0) is 15.6. The number of hydrogen-bond acceptors (Lipinski definition) is 3. The van der Waals surface area contributed by atoms with Crippen molar-refractivity contribution in [3.8, 4) is 0 Å². The highest BCUT2D eigenvalue weighted by Gasteiger charge is 2.50. The minimum Gasteiger partial charge on any atom is -0.481 e. The monoisotopic (exact) mass is 293 g/mol. The largest absolute Gasteiger partial charge is 0.481 e. The van der Waals surface area contributed by atoms with E-state index in [1.54, 1.807) is 20.8 Å². The molecule has 0 bridgehead atoms. The molecule has 5 nitrogen and oxygen atoms in total. The average molecular weight is 293 g/mol. The fourth-order valence-corrected chi connectivity index (χ4v) is 2.37. The number of carboxylic acids is 1. The van der Waals surface area contributed by atoms with Gasteiger partial charge < -0.3 is 15.2 Å². The topological polar surface area (TPSA) is 75.6 Å². The molecule has 0 aromatic heterocycles. The van der Waals surface area contributed by atoms with E-state index in [0.29, 0.717) is 19.3 Å². The molecular weight excluding hydrogens is 272 g/mol. The van der Waals surface area contributed by atoms with E-state index >= 15 is 0 Å². The third-order valence-electron chi connectivity index (χ3n) is 3.40. The van der Waals surface area contributed by atoms with Gasteiger partial charge in [0, 0.05) is 0 Å². The van der Waals surface area contributed by atoms with Crippen LogP contribution in [0.2, 0.25) is 0 Å². The summed E-state index contributed by atoms with van der Waals surface area (Å²) in [5.74, 6) is -2.70. The van der Waals surface area contributed by atoms with Crippen LogP contribution in [0.4, 0.5) is 13.6 Å². The number of halogens is 2. The molecule has 1 saturated carbocycles. The number of carbonyl (C=O) groups is 2. The van der Waals surface area contributed by atoms with Crippen LogP contribution in [0.15, 0.2) is 0 Å². The third kappa shape index (κ3) is 4.31. The highest BCUT2D eigenvalue weighted by Crippen LogP contribution is 2.43. The molecule has 1 atom stereocenters. The Morgan fingerprint density at radius 3 is 2.20 bits per heavy atom. The molecule has 1 aliphatic carbocycles. The van der Waals surface area contributed by atoms with Gasteiger partial charge in [-0.05, 0) is 40.0 Å². The fourth-order valence-electron chi connectivity index (χ4n) is 2.37.